The van der Waals surface area contributed by atoms with Crippen LogP contribution < -0.4 is 4.74 Å². The summed E-state index contributed by atoms with van der Waals surface area (Å²) < 4.78 is 12.2. The number of hydrogen-bond acceptors (Lipinski definition) is 6. The maximum atomic E-state index is 13.8. The van der Waals surface area contributed by atoms with Gasteiger partial charge in [-0.15, -0.1) is 0 Å². The van der Waals surface area contributed by atoms with E-state index in [-0.39, 0.29) is 22.8 Å². The molecule has 0 radical (unpaired) electrons. The molecule has 0 saturated carbocycles. The Hall–Kier alpha value is -3.94. The Bertz CT molecular complexity index is 1480. The number of rotatable bonds is 5. The van der Waals surface area contributed by atoms with Crippen molar-refractivity contribution in [2.75, 3.05) is 20.2 Å². The number of benzene rings is 1. The van der Waals surface area contributed by atoms with E-state index in [0.717, 1.165) is 5.56 Å². The Morgan fingerprint density at radius 3 is 2.54 bits per heavy atom. The minimum absolute atomic E-state index is 0.0175. The van der Waals surface area contributed by atoms with Crippen LogP contribution in [0.2, 0.25) is 0 Å². The van der Waals surface area contributed by atoms with Crippen molar-refractivity contribution in [3.05, 3.63) is 69.3 Å². The molecule has 5 rings (SSSR count). The largest absolute Gasteiger partial charge is 0.496 e. The van der Waals surface area contributed by atoms with Crippen LogP contribution in [0.1, 0.15) is 73.1 Å². The molecule has 204 valence electrons. The summed E-state index contributed by atoms with van der Waals surface area (Å²) in [5.41, 5.74) is 3.97. The van der Waals surface area contributed by atoms with E-state index in [1.165, 1.54) is 0 Å². The van der Waals surface area contributed by atoms with Gasteiger partial charge in [-0.2, -0.15) is 0 Å². The van der Waals surface area contributed by atoms with E-state index in [9.17, 15) is 19.5 Å². The summed E-state index contributed by atoms with van der Waals surface area (Å²) in [4.78, 5) is 45.7. The molecule has 3 heterocycles. The second-order valence-electron chi connectivity index (χ2n) is 11.3. The first kappa shape index (κ1) is 26.7. The van der Waals surface area contributed by atoms with E-state index in [2.05, 4.69) is 18.8 Å². The van der Waals surface area contributed by atoms with E-state index in [1.807, 2.05) is 19.9 Å². The molecule has 1 aromatic heterocycles. The summed E-state index contributed by atoms with van der Waals surface area (Å²) in [7, 11) is 1.57. The van der Waals surface area contributed by atoms with E-state index in [1.54, 1.807) is 37.1 Å². The summed E-state index contributed by atoms with van der Waals surface area (Å²) in [5.74, 6) is -0.134. The zero-order chi connectivity index (χ0) is 28.2. The molecule has 0 fully saturated rings. The van der Waals surface area contributed by atoms with Gasteiger partial charge in [-0.05, 0) is 55.5 Å². The lowest BCUT2D eigenvalue weighted by Gasteiger charge is -2.42. The molecule has 2 aliphatic heterocycles. The van der Waals surface area contributed by atoms with Gasteiger partial charge in [-0.3, -0.25) is 9.59 Å². The number of ketones is 1. The summed E-state index contributed by atoms with van der Waals surface area (Å²) in [5, 5.41) is 9.67. The van der Waals surface area contributed by atoms with Crippen LogP contribution in [0.25, 0.3) is 11.3 Å². The molecule has 39 heavy (non-hydrogen) atoms. The van der Waals surface area contributed by atoms with Crippen LogP contribution >= 0.6 is 0 Å². The first-order valence-corrected chi connectivity index (χ1v) is 13.3. The lowest BCUT2D eigenvalue weighted by molar-refractivity contribution is -0.128. The zero-order valence-corrected chi connectivity index (χ0v) is 23.3. The van der Waals surface area contributed by atoms with Gasteiger partial charge in [0.25, 0.3) is 5.91 Å². The maximum Gasteiger partial charge on any atom is 0.354 e. The minimum atomic E-state index is -1.10. The van der Waals surface area contributed by atoms with Gasteiger partial charge in [0, 0.05) is 49.1 Å². The molecule has 0 spiro atoms. The van der Waals surface area contributed by atoms with Crippen LogP contribution in [0, 0.1) is 19.3 Å². The Balaban J connectivity index is 1.78. The van der Waals surface area contributed by atoms with Crippen LogP contribution in [0.3, 0.4) is 0 Å². The number of hydrogen-bond donors (Lipinski definition) is 1. The molecular weight excluding hydrogens is 496 g/mol. The number of allylic oxidation sites excluding steroid dienone is 2. The molecule has 1 N–H and O–H groups in total. The highest BCUT2D eigenvalue weighted by molar-refractivity contribution is 6.06. The Kier molecular flexibility index (Phi) is 6.61. The number of aromatic nitrogens is 1. The third kappa shape index (κ3) is 4.41. The van der Waals surface area contributed by atoms with Gasteiger partial charge in [0.05, 0.1) is 24.3 Å². The summed E-state index contributed by atoms with van der Waals surface area (Å²) >= 11 is 0. The number of pyridine rings is 1. The van der Waals surface area contributed by atoms with Crippen molar-refractivity contribution < 1.29 is 29.0 Å². The lowest BCUT2D eigenvalue weighted by atomic mass is 9.68. The van der Waals surface area contributed by atoms with Gasteiger partial charge >= 0.3 is 5.97 Å². The number of carbonyl (C=O) groups is 3. The number of likely N-dealkylation sites (N-methyl/N-ethyl adjacent to an activating group) is 1. The third-order valence-electron chi connectivity index (χ3n) is 8.07. The molecule has 1 atom stereocenters. The second-order valence-corrected chi connectivity index (χ2v) is 11.3. The van der Waals surface area contributed by atoms with Crippen molar-refractivity contribution >= 4 is 17.7 Å². The van der Waals surface area contributed by atoms with Gasteiger partial charge in [0.2, 0.25) is 0 Å². The van der Waals surface area contributed by atoms with Gasteiger partial charge < -0.3 is 19.5 Å². The van der Waals surface area contributed by atoms with Crippen molar-refractivity contribution in [3.8, 4) is 17.0 Å². The van der Waals surface area contributed by atoms with Crippen LogP contribution in [0.15, 0.2) is 46.9 Å². The number of ether oxygens (including phenoxy) is 2. The predicted molar refractivity (Wildman–Crippen MR) is 145 cm³/mol. The van der Waals surface area contributed by atoms with Crippen LogP contribution in [0.5, 0.6) is 5.75 Å². The number of carboxylic acids is 1. The smallest absolute Gasteiger partial charge is 0.354 e. The first-order chi connectivity index (χ1) is 18.5. The predicted octanol–water partition coefficient (Wildman–Crippen LogP) is 5.34. The average molecular weight is 531 g/mol. The second kappa shape index (κ2) is 9.67. The number of Topliss-reactive ketones (excluding diaryl/α,β-unsaturated/α-hetero) is 1. The average Bonchev–Trinajstić information content (AvgIpc) is 2.87. The highest BCUT2D eigenvalue weighted by Gasteiger charge is 2.48. The molecule has 2 aromatic rings. The summed E-state index contributed by atoms with van der Waals surface area (Å²) in [6.07, 6.45) is 1.51. The quantitative estimate of drug-likeness (QED) is 0.557. The SMILES string of the molecule is CCN1CCC2=C(C1=O)[C@@H](c1c(OC)ccc(-c3ccc(C)c(C(=O)O)n3)c1C)C1=C(CC(C)(C)CC1=O)O2. The van der Waals surface area contributed by atoms with Crippen molar-refractivity contribution in [3.63, 3.8) is 0 Å². The number of aryl methyl sites for hydroxylation is 1. The van der Waals surface area contributed by atoms with E-state index in [0.29, 0.717) is 83.2 Å². The van der Waals surface area contributed by atoms with Crippen LogP contribution in [-0.2, 0) is 14.3 Å². The molecule has 1 aliphatic carbocycles. The zero-order valence-electron chi connectivity index (χ0n) is 23.3. The van der Waals surface area contributed by atoms with E-state index in [4.69, 9.17) is 9.47 Å². The Morgan fingerprint density at radius 1 is 1.13 bits per heavy atom. The van der Waals surface area contributed by atoms with Gasteiger partial charge in [-0.25, -0.2) is 9.78 Å². The Morgan fingerprint density at radius 2 is 1.87 bits per heavy atom. The molecule has 0 bridgehead atoms. The van der Waals surface area contributed by atoms with Crippen LogP contribution in [-0.4, -0.2) is 52.8 Å². The monoisotopic (exact) mass is 530 g/mol. The van der Waals surface area contributed by atoms with Crippen molar-refractivity contribution in [1.29, 1.82) is 0 Å². The van der Waals surface area contributed by atoms with Gasteiger partial charge in [0.15, 0.2) is 11.5 Å². The fourth-order valence-corrected chi connectivity index (χ4v) is 6.14. The Labute approximate surface area is 228 Å². The molecule has 1 amide bonds. The third-order valence-corrected chi connectivity index (χ3v) is 8.07. The summed E-state index contributed by atoms with van der Waals surface area (Å²) in [6, 6.07) is 7.18. The molecule has 8 heteroatoms. The molecule has 0 saturated heterocycles. The fourth-order valence-electron chi connectivity index (χ4n) is 6.14. The fraction of sp³-hybridized carbons (Fsp3) is 0.419. The highest BCUT2D eigenvalue weighted by Crippen LogP contribution is 2.53. The number of amides is 1. The highest BCUT2D eigenvalue weighted by atomic mass is 16.5. The number of carboxylic acid groups (broad SMARTS) is 1. The topological polar surface area (TPSA) is 106 Å². The van der Waals surface area contributed by atoms with Crippen molar-refractivity contribution in [2.24, 2.45) is 5.41 Å². The maximum absolute atomic E-state index is 13.8. The molecular formula is C31H34N2O6. The van der Waals surface area contributed by atoms with E-state index < -0.39 is 11.9 Å². The van der Waals surface area contributed by atoms with Gasteiger partial charge in [-0.1, -0.05) is 19.9 Å². The van der Waals surface area contributed by atoms with Crippen molar-refractivity contribution in [1.82, 2.24) is 9.88 Å². The molecule has 1 aromatic carbocycles. The van der Waals surface area contributed by atoms with Crippen LogP contribution in [0.4, 0.5) is 0 Å². The number of carbonyl (C=O) groups excluding carboxylic acids is 2. The first-order valence-electron chi connectivity index (χ1n) is 13.3. The molecule has 3 aliphatic rings. The number of nitrogens with zero attached hydrogens (tertiary/aromatic N) is 2. The standard InChI is InChI=1S/C31H34N2O6/c1-7-33-13-12-22-26(29(33)35)27(25-20(34)14-31(4,5)15-23(25)39-22)24-17(3)18(9-11-21(24)38-6)19-10-8-16(2)28(32-19)30(36)37/h8-11,27H,7,12-15H2,1-6H3,(H,36,37)/t27-/m0/s1. The van der Waals surface area contributed by atoms with Gasteiger partial charge in [0.1, 0.15) is 17.3 Å². The number of methoxy groups -OCH3 is 1. The normalized spacial score (nSPS) is 20.5. The molecule has 8 nitrogen and oxygen atoms in total. The minimum Gasteiger partial charge on any atom is -0.496 e. The lowest BCUT2D eigenvalue weighted by Crippen LogP contribution is -2.43. The molecule has 0 unspecified atom stereocenters. The number of aromatic carboxylic acids is 1. The van der Waals surface area contributed by atoms with Crippen molar-refractivity contribution in [2.45, 2.75) is 59.8 Å². The summed E-state index contributed by atoms with van der Waals surface area (Å²) in [6.45, 7) is 10.8. The van der Waals surface area contributed by atoms with E-state index >= 15 is 0 Å².